The molecule has 0 spiro atoms. The zero-order valence-electron chi connectivity index (χ0n) is 16.1. The maximum atomic E-state index is 12.3. The second kappa shape index (κ2) is 10.6. The predicted molar refractivity (Wildman–Crippen MR) is 99.8 cm³/mol. The summed E-state index contributed by atoms with van der Waals surface area (Å²) in [6, 6.07) is 1.71. The number of alkyl halides is 3. The number of piperidine rings is 1. The quantitative estimate of drug-likeness (QED) is 0.762. The Morgan fingerprint density at radius 2 is 1.93 bits per heavy atom. The summed E-state index contributed by atoms with van der Waals surface area (Å²) in [4.78, 5) is 23.4. The number of hydrogen-bond donors (Lipinski definition) is 2. The minimum absolute atomic E-state index is 0.0346. The lowest BCUT2D eigenvalue weighted by Gasteiger charge is -2.32. The Morgan fingerprint density at radius 1 is 1.28 bits per heavy atom. The maximum absolute atomic E-state index is 12.3. The number of rotatable bonds is 4. The molecular formula is C18H27F3N4O4. The Hall–Kier alpha value is -2.14. The van der Waals surface area contributed by atoms with Gasteiger partial charge in [-0.2, -0.15) is 18.3 Å². The molecule has 3 heterocycles. The highest BCUT2D eigenvalue weighted by Crippen LogP contribution is 2.21. The van der Waals surface area contributed by atoms with Gasteiger partial charge in [-0.05, 0) is 44.6 Å². The first-order chi connectivity index (χ1) is 13.7. The van der Waals surface area contributed by atoms with Gasteiger partial charge >= 0.3 is 12.1 Å². The number of halogens is 3. The number of carboxylic acids is 1. The molecular weight excluding hydrogens is 393 g/mol. The van der Waals surface area contributed by atoms with Crippen LogP contribution in [-0.4, -0.2) is 59.4 Å². The Balaban J connectivity index is 0.000000370. The number of nitrogens with zero attached hydrogens (tertiary/aromatic N) is 3. The Labute approximate surface area is 166 Å². The average molecular weight is 420 g/mol. The van der Waals surface area contributed by atoms with Crippen LogP contribution in [0.4, 0.5) is 18.9 Å². The molecule has 2 saturated heterocycles. The molecule has 1 atom stereocenters. The molecule has 8 nitrogen and oxygen atoms in total. The topological polar surface area (TPSA) is 111 Å². The summed E-state index contributed by atoms with van der Waals surface area (Å²) in [6.07, 6.45) is 2.36. The van der Waals surface area contributed by atoms with E-state index in [1.807, 2.05) is 6.20 Å². The van der Waals surface area contributed by atoms with Gasteiger partial charge in [0.1, 0.15) is 0 Å². The van der Waals surface area contributed by atoms with E-state index >= 15 is 0 Å². The molecule has 2 aliphatic rings. The van der Waals surface area contributed by atoms with E-state index < -0.39 is 12.1 Å². The fourth-order valence-corrected chi connectivity index (χ4v) is 3.31. The largest absolute Gasteiger partial charge is 0.490 e. The van der Waals surface area contributed by atoms with Gasteiger partial charge in [-0.25, -0.2) is 9.48 Å². The van der Waals surface area contributed by atoms with Gasteiger partial charge in [-0.1, -0.05) is 0 Å². The molecule has 3 N–H and O–H groups in total. The van der Waals surface area contributed by atoms with Crippen molar-refractivity contribution in [2.75, 3.05) is 31.1 Å². The summed E-state index contributed by atoms with van der Waals surface area (Å²) >= 11 is 0. The number of aromatic nitrogens is 2. The van der Waals surface area contributed by atoms with Crippen LogP contribution in [0.5, 0.6) is 0 Å². The van der Waals surface area contributed by atoms with E-state index in [2.05, 4.69) is 10.00 Å². The molecule has 2 fully saturated rings. The minimum Gasteiger partial charge on any atom is -0.475 e. The van der Waals surface area contributed by atoms with Gasteiger partial charge in [0.2, 0.25) is 0 Å². The van der Waals surface area contributed by atoms with Crippen LogP contribution in [0, 0.1) is 5.92 Å². The first-order valence-corrected chi connectivity index (χ1v) is 9.64. The molecule has 0 bridgehead atoms. The van der Waals surface area contributed by atoms with Gasteiger partial charge in [0.25, 0.3) is 5.56 Å². The zero-order valence-corrected chi connectivity index (χ0v) is 16.1. The molecule has 11 heteroatoms. The first kappa shape index (κ1) is 23.1. The van der Waals surface area contributed by atoms with Crippen LogP contribution in [0.1, 0.15) is 32.1 Å². The Bertz CT molecular complexity index is 712. The van der Waals surface area contributed by atoms with Gasteiger partial charge in [0, 0.05) is 25.8 Å². The number of aliphatic carboxylic acids is 1. The standard InChI is InChI=1S/C16H26N4O2.C2HF3O2/c17-10-13-4-6-19(7-5-13)14-9-16(21)20(18-11-14)12-15-3-1-2-8-22-15;3-2(4,5)1(6)7/h9,11,13,15H,1-8,10,12,17H2;(H,6,7). The molecule has 29 heavy (non-hydrogen) atoms. The number of anilines is 1. The lowest BCUT2D eigenvalue weighted by Crippen LogP contribution is -2.37. The van der Waals surface area contributed by atoms with Crippen molar-refractivity contribution in [1.82, 2.24) is 9.78 Å². The van der Waals surface area contributed by atoms with Gasteiger partial charge in [-0.15, -0.1) is 0 Å². The van der Waals surface area contributed by atoms with Crippen molar-refractivity contribution < 1.29 is 27.8 Å². The van der Waals surface area contributed by atoms with Gasteiger partial charge in [0.05, 0.1) is 24.5 Å². The van der Waals surface area contributed by atoms with E-state index in [-0.39, 0.29) is 11.7 Å². The third-order valence-electron chi connectivity index (χ3n) is 5.06. The second-order valence-corrected chi connectivity index (χ2v) is 7.19. The van der Waals surface area contributed by atoms with Gasteiger partial charge in [-0.3, -0.25) is 4.79 Å². The predicted octanol–water partition coefficient (Wildman–Crippen LogP) is 1.62. The molecule has 0 amide bonds. The van der Waals surface area contributed by atoms with Crippen molar-refractivity contribution in [3.8, 4) is 0 Å². The SMILES string of the molecule is NCC1CCN(c2cnn(CC3CCCCO3)c(=O)c2)CC1.O=C(O)C(F)(F)F. The van der Waals surface area contributed by atoms with Crippen LogP contribution in [-0.2, 0) is 16.1 Å². The summed E-state index contributed by atoms with van der Waals surface area (Å²) in [7, 11) is 0. The summed E-state index contributed by atoms with van der Waals surface area (Å²) in [5.41, 5.74) is 6.62. The number of nitrogens with two attached hydrogens (primary N) is 1. The summed E-state index contributed by atoms with van der Waals surface area (Å²) in [5, 5.41) is 11.5. The number of hydrogen-bond acceptors (Lipinski definition) is 6. The van der Waals surface area contributed by atoms with E-state index in [0.29, 0.717) is 12.5 Å². The maximum Gasteiger partial charge on any atom is 0.490 e. The van der Waals surface area contributed by atoms with Crippen molar-refractivity contribution in [3.63, 3.8) is 0 Å². The number of ether oxygens (including phenoxy) is 1. The first-order valence-electron chi connectivity index (χ1n) is 9.64. The van der Waals surface area contributed by atoms with Crippen LogP contribution in [0.25, 0.3) is 0 Å². The fraction of sp³-hybridized carbons (Fsp3) is 0.722. The number of carboxylic acid groups (broad SMARTS) is 1. The van der Waals surface area contributed by atoms with Crippen molar-refractivity contribution >= 4 is 11.7 Å². The molecule has 0 saturated carbocycles. The van der Waals surface area contributed by atoms with Crippen LogP contribution in [0.2, 0.25) is 0 Å². The average Bonchev–Trinajstić information content (AvgIpc) is 2.70. The van der Waals surface area contributed by atoms with Crippen LogP contribution >= 0.6 is 0 Å². The zero-order chi connectivity index (χ0) is 21.4. The summed E-state index contributed by atoms with van der Waals surface area (Å²) in [6.45, 7) is 4.04. The third kappa shape index (κ3) is 7.32. The molecule has 1 unspecified atom stereocenters. The highest BCUT2D eigenvalue weighted by atomic mass is 19.4. The van der Waals surface area contributed by atoms with Crippen LogP contribution in [0.3, 0.4) is 0 Å². The third-order valence-corrected chi connectivity index (χ3v) is 5.06. The second-order valence-electron chi connectivity index (χ2n) is 7.19. The van der Waals surface area contributed by atoms with Crippen molar-refractivity contribution in [2.45, 2.75) is 50.9 Å². The molecule has 1 aromatic rings. The van der Waals surface area contributed by atoms with Crippen molar-refractivity contribution in [1.29, 1.82) is 0 Å². The van der Waals surface area contributed by atoms with Crippen molar-refractivity contribution in [3.05, 3.63) is 22.6 Å². The lowest BCUT2D eigenvalue weighted by atomic mass is 9.97. The minimum atomic E-state index is -5.08. The highest BCUT2D eigenvalue weighted by molar-refractivity contribution is 5.73. The molecule has 3 rings (SSSR count). The van der Waals surface area contributed by atoms with Crippen LogP contribution in [0.15, 0.2) is 17.1 Å². The Morgan fingerprint density at radius 3 is 2.41 bits per heavy atom. The van der Waals surface area contributed by atoms with E-state index in [1.54, 1.807) is 6.07 Å². The van der Waals surface area contributed by atoms with E-state index in [0.717, 1.165) is 57.6 Å². The molecule has 0 radical (unpaired) electrons. The molecule has 164 valence electrons. The summed E-state index contributed by atoms with van der Waals surface area (Å²) < 4.78 is 39.0. The van der Waals surface area contributed by atoms with Crippen molar-refractivity contribution in [2.24, 2.45) is 11.7 Å². The molecule has 1 aromatic heterocycles. The Kier molecular flexibility index (Phi) is 8.45. The lowest BCUT2D eigenvalue weighted by molar-refractivity contribution is -0.192. The monoisotopic (exact) mass is 420 g/mol. The molecule has 0 aliphatic carbocycles. The van der Waals surface area contributed by atoms with Crippen LogP contribution < -0.4 is 16.2 Å². The molecule has 2 aliphatic heterocycles. The van der Waals surface area contributed by atoms with Gasteiger partial charge < -0.3 is 20.5 Å². The van der Waals surface area contributed by atoms with E-state index in [4.69, 9.17) is 20.4 Å². The smallest absolute Gasteiger partial charge is 0.475 e. The molecule has 0 aromatic carbocycles. The van der Waals surface area contributed by atoms with E-state index in [1.165, 1.54) is 11.1 Å². The van der Waals surface area contributed by atoms with Gasteiger partial charge in [0.15, 0.2) is 0 Å². The fourth-order valence-electron chi connectivity index (χ4n) is 3.31. The normalized spacial score (nSPS) is 20.7. The number of carbonyl (C=O) groups is 1. The summed E-state index contributed by atoms with van der Waals surface area (Å²) in [5.74, 6) is -2.14. The highest BCUT2D eigenvalue weighted by Gasteiger charge is 2.38. The van der Waals surface area contributed by atoms with E-state index in [9.17, 15) is 18.0 Å².